The standard InChI is InChI=1S/C14H21NO/c1-2-12-5-3-4-6-13(12)16-11-14(7-8-14)9-10-15/h3-6H,2,7-11,15H2,1H3. The van der Waals surface area contributed by atoms with Gasteiger partial charge in [0.2, 0.25) is 0 Å². The van der Waals surface area contributed by atoms with Gasteiger partial charge in [0.25, 0.3) is 0 Å². The van der Waals surface area contributed by atoms with Crippen molar-refractivity contribution in [3.8, 4) is 5.75 Å². The molecule has 1 aliphatic rings. The lowest BCUT2D eigenvalue weighted by atomic mass is 10.0. The first-order valence-electron chi connectivity index (χ1n) is 6.20. The zero-order valence-electron chi connectivity index (χ0n) is 10.0. The zero-order chi connectivity index (χ0) is 11.4. The van der Waals surface area contributed by atoms with Gasteiger partial charge >= 0.3 is 0 Å². The minimum Gasteiger partial charge on any atom is -0.493 e. The summed E-state index contributed by atoms with van der Waals surface area (Å²) in [5, 5.41) is 0. The van der Waals surface area contributed by atoms with Crippen LogP contribution in [-0.4, -0.2) is 13.2 Å². The first-order valence-corrected chi connectivity index (χ1v) is 6.20. The van der Waals surface area contributed by atoms with E-state index < -0.39 is 0 Å². The molecule has 2 nitrogen and oxygen atoms in total. The maximum absolute atomic E-state index is 5.95. The average Bonchev–Trinajstić information content (AvgIpc) is 3.08. The van der Waals surface area contributed by atoms with E-state index in [-0.39, 0.29) is 0 Å². The van der Waals surface area contributed by atoms with Gasteiger partial charge in [0.05, 0.1) is 6.61 Å². The van der Waals surface area contributed by atoms with Crippen LogP contribution in [0.1, 0.15) is 31.7 Å². The van der Waals surface area contributed by atoms with Crippen LogP contribution < -0.4 is 10.5 Å². The molecule has 1 aromatic rings. The highest BCUT2D eigenvalue weighted by atomic mass is 16.5. The van der Waals surface area contributed by atoms with Crippen molar-refractivity contribution in [2.75, 3.05) is 13.2 Å². The Labute approximate surface area is 97.8 Å². The third kappa shape index (κ3) is 2.56. The van der Waals surface area contributed by atoms with Gasteiger partial charge in [-0.25, -0.2) is 0 Å². The summed E-state index contributed by atoms with van der Waals surface area (Å²) in [6.07, 6.45) is 4.68. The van der Waals surface area contributed by atoms with E-state index in [1.54, 1.807) is 0 Å². The molecule has 0 aliphatic heterocycles. The lowest BCUT2D eigenvalue weighted by Gasteiger charge is -2.16. The molecule has 0 radical (unpaired) electrons. The van der Waals surface area contributed by atoms with Gasteiger partial charge in [-0.3, -0.25) is 0 Å². The molecular weight excluding hydrogens is 198 g/mol. The summed E-state index contributed by atoms with van der Waals surface area (Å²) in [6, 6.07) is 8.31. The molecule has 0 aromatic heterocycles. The normalized spacial score (nSPS) is 17.1. The molecule has 0 atom stereocenters. The Morgan fingerprint density at radius 3 is 2.69 bits per heavy atom. The number of nitrogens with two attached hydrogens (primary N) is 1. The van der Waals surface area contributed by atoms with Gasteiger partial charge < -0.3 is 10.5 Å². The van der Waals surface area contributed by atoms with Crippen LogP contribution in [0.5, 0.6) is 5.75 Å². The molecule has 1 saturated carbocycles. The fourth-order valence-electron chi connectivity index (χ4n) is 2.12. The van der Waals surface area contributed by atoms with E-state index >= 15 is 0 Å². The number of aryl methyl sites for hydroxylation is 1. The summed E-state index contributed by atoms with van der Waals surface area (Å²) in [5.74, 6) is 1.05. The molecule has 1 aliphatic carbocycles. The first-order chi connectivity index (χ1) is 7.79. The second-order valence-corrected chi connectivity index (χ2v) is 4.79. The van der Waals surface area contributed by atoms with Crippen LogP contribution in [0.4, 0.5) is 0 Å². The van der Waals surface area contributed by atoms with Gasteiger partial charge in [-0.05, 0) is 43.9 Å². The Balaban J connectivity index is 1.94. The first kappa shape index (κ1) is 11.5. The van der Waals surface area contributed by atoms with Gasteiger partial charge in [0.1, 0.15) is 5.75 Å². The van der Waals surface area contributed by atoms with Crippen molar-refractivity contribution in [2.24, 2.45) is 11.1 Å². The number of hydrogen-bond acceptors (Lipinski definition) is 2. The SMILES string of the molecule is CCc1ccccc1OCC1(CCN)CC1. The highest BCUT2D eigenvalue weighted by molar-refractivity contribution is 5.33. The highest BCUT2D eigenvalue weighted by Gasteiger charge is 2.42. The minimum atomic E-state index is 0.398. The molecule has 88 valence electrons. The van der Waals surface area contributed by atoms with Crippen molar-refractivity contribution in [1.29, 1.82) is 0 Å². The predicted molar refractivity (Wildman–Crippen MR) is 66.7 cm³/mol. The molecule has 2 N–H and O–H groups in total. The Hall–Kier alpha value is -1.02. The Morgan fingerprint density at radius 2 is 2.06 bits per heavy atom. The quantitative estimate of drug-likeness (QED) is 0.798. The number of rotatable bonds is 6. The smallest absolute Gasteiger partial charge is 0.122 e. The molecule has 0 unspecified atom stereocenters. The zero-order valence-corrected chi connectivity index (χ0v) is 10.0. The monoisotopic (exact) mass is 219 g/mol. The average molecular weight is 219 g/mol. The van der Waals surface area contributed by atoms with E-state index in [1.807, 2.05) is 6.07 Å². The Bertz CT molecular complexity index is 344. The lowest BCUT2D eigenvalue weighted by molar-refractivity contribution is 0.225. The highest BCUT2D eigenvalue weighted by Crippen LogP contribution is 2.48. The summed E-state index contributed by atoms with van der Waals surface area (Å²) in [6.45, 7) is 3.77. The molecule has 0 spiro atoms. The van der Waals surface area contributed by atoms with Gasteiger partial charge in [-0.2, -0.15) is 0 Å². The molecule has 0 saturated heterocycles. The van der Waals surface area contributed by atoms with Crippen LogP contribution in [0.2, 0.25) is 0 Å². The maximum Gasteiger partial charge on any atom is 0.122 e. The maximum atomic E-state index is 5.95. The molecule has 1 fully saturated rings. The fraction of sp³-hybridized carbons (Fsp3) is 0.571. The molecule has 2 rings (SSSR count). The van der Waals surface area contributed by atoms with Gasteiger partial charge in [0.15, 0.2) is 0 Å². The number of ether oxygens (including phenoxy) is 1. The molecule has 1 aromatic carbocycles. The molecule has 2 heteroatoms. The summed E-state index contributed by atoms with van der Waals surface area (Å²) in [4.78, 5) is 0. The van der Waals surface area contributed by atoms with Crippen molar-refractivity contribution < 1.29 is 4.74 Å². The molecule has 0 heterocycles. The van der Waals surface area contributed by atoms with Gasteiger partial charge in [-0.15, -0.1) is 0 Å². The van der Waals surface area contributed by atoms with Crippen LogP contribution in [0.3, 0.4) is 0 Å². The second-order valence-electron chi connectivity index (χ2n) is 4.79. The van der Waals surface area contributed by atoms with Crippen LogP contribution in [0, 0.1) is 5.41 Å². The molecule has 0 amide bonds. The van der Waals surface area contributed by atoms with Crippen LogP contribution in [0.25, 0.3) is 0 Å². The summed E-state index contributed by atoms with van der Waals surface area (Å²) >= 11 is 0. The van der Waals surface area contributed by atoms with Gasteiger partial charge in [0, 0.05) is 5.41 Å². The number of hydrogen-bond donors (Lipinski definition) is 1. The number of benzene rings is 1. The van der Waals surface area contributed by atoms with E-state index in [9.17, 15) is 0 Å². The van der Waals surface area contributed by atoms with E-state index in [0.29, 0.717) is 5.41 Å². The van der Waals surface area contributed by atoms with E-state index in [2.05, 4.69) is 25.1 Å². The third-order valence-corrected chi connectivity index (χ3v) is 3.52. The summed E-state index contributed by atoms with van der Waals surface area (Å²) < 4.78 is 5.95. The van der Waals surface area contributed by atoms with Crippen molar-refractivity contribution in [1.82, 2.24) is 0 Å². The molecule has 0 bridgehead atoms. The third-order valence-electron chi connectivity index (χ3n) is 3.52. The second kappa shape index (κ2) is 4.88. The van der Waals surface area contributed by atoms with E-state index in [4.69, 9.17) is 10.5 Å². The number of para-hydroxylation sites is 1. The predicted octanol–water partition coefficient (Wildman–Crippen LogP) is 2.76. The van der Waals surface area contributed by atoms with Crippen LogP contribution >= 0.6 is 0 Å². The van der Waals surface area contributed by atoms with Crippen molar-refractivity contribution >= 4 is 0 Å². The summed E-state index contributed by atoms with van der Waals surface area (Å²) in [7, 11) is 0. The lowest BCUT2D eigenvalue weighted by Crippen LogP contribution is -2.17. The van der Waals surface area contributed by atoms with E-state index in [0.717, 1.165) is 31.7 Å². The fourth-order valence-corrected chi connectivity index (χ4v) is 2.12. The largest absolute Gasteiger partial charge is 0.493 e. The van der Waals surface area contributed by atoms with Gasteiger partial charge in [-0.1, -0.05) is 25.1 Å². The van der Waals surface area contributed by atoms with Crippen molar-refractivity contribution in [2.45, 2.75) is 32.6 Å². The Kier molecular flexibility index (Phi) is 3.49. The van der Waals surface area contributed by atoms with Crippen LogP contribution in [0.15, 0.2) is 24.3 Å². The van der Waals surface area contributed by atoms with E-state index in [1.165, 1.54) is 18.4 Å². The van der Waals surface area contributed by atoms with Crippen molar-refractivity contribution in [3.05, 3.63) is 29.8 Å². The Morgan fingerprint density at radius 1 is 1.31 bits per heavy atom. The van der Waals surface area contributed by atoms with Crippen LogP contribution in [-0.2, 0) is 6.42 Å². The van der Waals surface area contributed by atoms with Crippen molar-refractivity contribution in [3.63, 3.8) is 0 Å². The minimum absolute atomic E-state index is 0.398. The summed E-state index contributed by atoms with van der Waals surface area (Å²) in [5.41, 5.74) is 7.32. The molecular formula is C14H21NO. The topological polar surface area (TPSA) is 35.2 Å². The molecule has 16 heavy (non-hydrogen) atoms.